The van der Waals surface area contributed by atoms with Crippen LogP contribution in [0.2, 0.25) is 5.02 Å². The van der Waals surface area contributed by atoms with E-state index >= 15 is 0 Å². The summed E-state index contributed by atoms with van der Waals surface area (Å²) in [5.74, 6) is -0.296. The first kappa shape index (κ1) is 20.3. The fraction of sp³-hybridized carbons (Fsp3) is 0.200. The lowest BCUT2D eigenvalue weighted by atomic mass is 10.1. The highest BCUT2D eigenvalue weighted by Gasteiger charge is 2.21. The van der Waals surface area contributed by atoms with Gasteiger partial charge in [0.05, 0.1) is 17.2 Å². The van der Waals surface area contributed by atoms with Crippen LogP contribution in [0.25, 0.3) is 0 Å². The lowest BCUT2D eigenvalue weighted by molar-refractivity contribution is 0.0825. The number of aliphatic hydroxyl groups is 1. The van der Waals surface area contributed by atoms with Crippen LogP contribution in [0.15, 0.2) is 48.7 Å². The Morgan fingerprint density at radius 1 is 1.32 bits per heavy atom. The molecule has 2 aromatic heterocycles. The second-order valence-corrected chi connectivity index (χ2v) is 8.08. The number of halogens is 2. The summed E-state index contributed by atoms with van der Waals surface area (Å²) >= 11 is 7.54. The van der Waals surface area contributed by atoms with Gasteiger partial charge in [-0.2, -0.15) is 0 Å². The standard InChI is InChI=1S/C20H18ClFN2O3S/c1-20(2,26)17-10-15(21)16(28-17)11-24-18(25)14-4-3-9-23-19(14)27-13-7-5-12(22)6-8-13/h3-10,26H,11H2,1-2H3,(H,24,25). The molecule has 1 aromatic carbocycles. The molecule has 0 bridgehead atoms. The van der Waals surface area contributed by atoms with E-state index in [0.29, 0.717) is 15.6 Å². The lowest BCUT2D eigenvalue weighted by Gasteiger charge is -2.14. The van der Waals surface area contributed by atoms with Gasteiger partial charge in [-0.1, -0.05) is 11.6 Å². The van der Waals surface area contributed by atoms with Gasteiger partial charge in [-0.15, -0.1) is 11.3 Å². The predicted octanol–water partition coefficient (Wildman–Crippen LogP) is 4.89. The number of nitrogens with one attached hydrogen (secondary N) is 1. The van der Waals surface area contributed by atoms with E-state index in [-0.39, 0.29) is 29.7 Å². The molecule has 8 heteroatoms. The van der Waals surface area contributed by atoms with Crippen molar-refractivity contribution in [3.05, 3.63) is 74.8 Å². The van der Waals surface area contributed by atoms with E-state index in [0.717, 1.165) is 4.88 Å². The maximum absolute atomic E-state index is 13.0. The summed E-state index contributed by atoms with van der Waals surface area (Å²) in [5, 5.41) is 13.4. The minimum absolute atomic E-state index is 0.112. The van der Waals surface area contributed by atoms with Crippen LogP contribution in [0, 0.1) is 5.82 Å². The Labute approximate surface area is 170 Å². The van der Waals surface area contributed by atoms with Gasteiger partial charge < -0.3 is 15.2 Å². The molecule has 3 aromatic rings. The van der Waals surface area contributed by atoms with Crippen LogP contribution >= 0.6 is 22.9 Å². The first-order valence-electron chi connectivity index (χ1n) is 8.42. The number of carbonyl (C=O) groups is 1. The fourth-order valence-corrected chi connectivity index (χ4v) is 3.69. The van der Waals surface area contributed by atoms with Crippen molar-refractivity contribution in [1.82, 2.24) is 10.3 Å². The minimum Gasteiger partial charge on any atom is -0.438 e. The average Bonchev–Trinajstić information content (AvgIpc) is 3.03. The van der Waals surface area contributed by atoms with E-state index in [1.54, 1.807) is 32.0 Å². The number of hydrogen-bond acceptors (Lipinski definition) is 5. The monoisotopic (exact) mass is 420 g/mol. The zero-order valence-corrected chi connectivity index (χ0v) is 16.8. The van der Waals surface area contributed by atoms with E-state index < -0.39 is 5.60 Å². The van der Waals surface area contributed by atoms with Gasteiger partial charge >= 0.3 is 0 Å². The summed E-state index contributed by atoms with van der Waals surface area (Å²) in [6.07, 6.45) is 1.50. The van der Waals surface area contributed by atoms with Gasteiger partial charge in [-0.05, 0) is 56.3 Å². The van der Waals surface area contributed by atoms with Gasteiger partial charge in [-0.25, -0.2) is 9.37 Å². The molecule has 0 spiro atoms. The van der Waals surface area contributed by atoms with E-state index in [1.807, 2.05) is 0 Å². The molecular weight excluding hydrogens is 403 g/mol. The molecule has 0 radical (unpaired) electrons. The zero-order valence-electron chi connectivity index (χ0n) is 15.2. The first-order valence-corrected chi connectivity index (χ1v) is 9.61. The van der Waals surface area contributed by atoms with Crippen molar-refractivity contribution in [3.8, 4) is 11.6 Å². The number of carbonyl (C=O) groups excluding carboxylic acids is 1. The Morgan fingerprint density at radius 2 is 2.04 bits per heavy atom. The van der Waals surface area contributed by atoms with Crippen molar-refractivity contribution in [2.24, 2.45) is 0 Å². The van der Waals surface area contributed by atoms with Gasteiger partial charge in [0.2, 0.25) is 5.88 Å². The van der Waals surface area contributed by atoms with E-state index in [2.05, 4.69) is 10.3 Å². The fourth-order valence-electron chi connectivity index (χ4n) is 2.34. The number of pyridine rings is 1. The number of nitrogens with zero attached hydrogens (tertiary/aromatic N) is 1. The van der Waals surface area contributed by atoms with Gasteiger partial charge in [0.1, 0.15) is 17.1 Å². The molecule has 0 aliphatic heterocycles. The number of hydrogen-bond donors (Lipinski definition) is 2. The van der Waals surface area contributed by atoms with Crippen LogP contribution in [0.3, 0.4) is 0 Å². The summed E-state index contributed by atoms with van der Waals surface area (Å²) in [6.45, 7) is 3.54. The molecule has 0 aliphatic rings. The number of benzene rings is 1. The predicted molar refractivity (Wildman–Crippen MR) is 106 cm³/mol. The summed E-state index contributed by atoms with van der Waals surface area (Å²) in [4.78, 5) is 18.2. The smallest absolute Gasteiger partial charge is 0.257 e. The van der Waals surface area contributed by atoms with Crippen molar-refractivity contribution >= 4 is 28.8 Å². The molecule has 0 atom stereocenters. The molecule has 3 rings (SSSR count). The molecule has 0 fully saturated rings. The third-order valence-corrected chi connectivity index (χ3v) is 5.71. The average molecular weight is 421 g/mol. The van der Waals surface area contributed by atoms with Gasteiger partial charge in [0.15, 0.2) is 0 Å². The van der Waals surface area contributed by atoms with Crippen LogP contribution in [0.5, 0.6) is 11.6 Å². The maximum Gasteiger partial charge on any atom is 0.257 e. The van der Waals surface area contributed by atoms with Crippen molar-refractivity contribution < 1.29 is 19.0 Å². The summed E-state index contributed by atoms with van der Waals surface area (Å²) < 4.78 is 18.7. The summed E-state index contributed by atoms with van der Waals surface area (Å²) in [5.41, 5.74) is -0.766. The van der Waals surface area contributed by atoms with Crippen LogP contribution in [0.4, 0.5) is 4.39 Å². The number of rotatable bonds is 6. The van der Waals surface area contributed by atoms with Crippen molar-refractivity contribution in [3.63, 3.8) is 0 Å². The number of ether oxygens (including phenoxy) is 1. The third-order valence-electron chi connectivity index (χ3n) is 3.81. The molecule has 0 saturated heterocycles. The highest BCUT2D eigenvalue weighted by atomic mass is 35.5. The van der Waals surface area contributed by atoms with Crippen LogP contribution in [-0.4, -0.2) is 16.0 Å². The largest absolute Gasteiger partial charge is 0.438 e. The quantitative estimate of drug-likeness (QED) is 0.595. The molecule has 0 saturated carbocycles. The number of amides is 1. The molecule has 146 valence electrons. The first-order chi connectivity index (χ1) is 13.2. The highest BCUT2D eigenvalue weighted by Crippen LogP contribution is 2.34. The topological polar surface area (TPSA) is 71.5 Å². The Balaban J connectivity index is 1.73. The lowest BCUT2D eigenvalue weighted by Crippen LogP contribution is -2.23. The molecule has 2 N–H and O–H groups in total. The molecule has 1 amide bonds. The Hall–Kier alpha value is -2.48. The van der Waals surface area contributed by atoms with Crippen molar-refractivity contribution in [1.29, 1.82) is 0 Å². The Bertz CT molecular complexity index is 984. The van der Waals surface area contributed by atoms with E-state index in [4.69, 9.17) is 16.3 Å². The zero-order chi connectivity index (χ0) is 20.3. The number of aromatic nitrogens is 1. The van der Waals surface area contributed by atoms with Gasteiger partial charge in [0.25, 0.3) is 5.91 Å². The third kappa shape index (κ3) is 4.86. The van der Waals surface area contributed by atoms with Crippen molar-refractivity contribution in [2.75, 3.05) is 0 Å². The summed E-state index contributed by atoms with van der Waals surface area (Å²) in [7, 11) is 0. The van der Waals surface area contributed by atoms with Crippen LogP contribution in [-0.2, 0) is 12.1 Å². The highest BCUT2D eigenvalue weighted by molar-refractivity contribution is 7.12. The van der Waals surface area contributed by atoms with E-state index in [1.165, 1.54) is 41.8 Å². The molecule has 28 heavy (non-hydrogen) atoms. The molecular formula is C20H18ClFN2O3S. The van der Waals surface area contributed by atoms with Gasteiger partial charge in [-0.3, -0.25) is 4.79 Å². The maximum atomic E-state index is 13.0. The van der Waals surface area contributed by atoms with Crippen LogP contribution < -0.4 is 10.1 Å². The molecule has 0 unspecified atom stereocenters. The molecule has 5 nitrogen and oxygen atoms in total. The van der Waals surface area contributed by atoms with E-state index in [9.17, 15) is 14.3 Å². The number of thiophene rings is 1. The normalized spacial score (nSPS) is 11.3. The SMILES string of the molecule is CC(C)(O)c1cc(Cl)c(CNC(=O)c2cccnc2Oc2ccc(F)cc2)s1. The minimum atomic E-state index is -1.00. The van der Waals surface area contributed by atoms with Gasteiger partial charge in [0, 0.05) is 16.0 Å². The second kappa shape index (κ2) is 8.26. The summed E-state index contributed by atoms with van der Waals surface area (Å²) in [6, 6.07) is 10.3. The Kier molecular flexibility index (Phi) is 5.98. The molecule has 0 aliphatic carbocycles. The second-order valence-electron chi connectivity index (χ2n) is 6.54. The van der Waals surface area contributed by atoms with Crippen molar-refractivity contribution in [2.45, 2.75) is 26.0 Å². The molecule has 2 heterocycles. The van der Waals surface area contributed by atoms with Crippen LogP contribution in [0.1, 0.15) is 34.0 Å². The Morgan fingerprint density at radius 3 is 2.68 bits per heavy atom.